The molecule has 0 N–H and O–H groups in total. The number of pyridine rings is 1. The molecule has 0 bridgehead atoms. The van der Waals surface area contributed by atoms with Gasteiger partial charge in [-0.2, -0.15) is 8.42 Å². The van der Waals surface area contributed by atoms with Crippen molar-refractivity contribution in [2.75, 3.05) is 6.26 Å². The normalized spacial score (nSPS) is 14.0. The van der Waals surface area contributed by atoms with Crippen molar-refractivity contribution in [3.05, 3.63) is 30.1 Å². The molecule has 1 atom stereocenters. The lowest BCUT2D eigenvalue weighted by Gasteiger charge is -2.10. The summed E-state index contributed by atoms with van der Waals surface area (Å²) >= 11 is 0. The van der Waals surface area contributed by atoms with Crippen LogP contribution >= 0.6 is 0 Å². The summed E-state index contributed by atoms with van der Waals surface area (Å²) in [5.74, 6) is 0. The Morgan fingerprint density at radius 1 is 1.38 bits per heavy atom. The first-order chi connectivity index (χ1) is 5.99. The molecule has 0 amide bonds. The second-order valence-electron chi connectivity index (χ2n) is 2.72. The summed E-state index contributed by atoms with van der Waals surface area (Å²) in [6.07, 6.45) is 3.76. The van der Waals surface area contributed by atoms with E-state index in [4.69, 9.17) is 4.18 Å². The van der Waals surface area contributed by atoms with E-state index in [2.05, 4.69) is 4.98 Å². The Bertz CT molecular complexity index is 360. The SMILES string of the molecule is CC(OS(C)(=O)=O)c1ccncc1. The fraction of sp³-hybridized carbons (Fsp3) is 0.375. The lowest BCUT2D eigenvalue weighted by Crippen LogP contribution is -2.07. The van der Waals surface area contributed by atoms with E-state index in [0.29, 0.717) is 0 Å². The summed E-state index contributed by atoms with van der Waals surface area (Å²) in [5, 5.41) is 0. The Morgan fingerprint density at radius 2 is 1.92 bits per heavy atom. The third-order valence-electron chi connectivity index (χ3n) is 1.49. The molecular formula is C8H11NO3S. The summed E-state index contributed by atoms with van der Waals surface area (Å²) in [6, 6.07) is 3.44. The first kappa shape index (κ1) is 10.1. The molecule has 5 heteroatoms. The maximum absolute atomic E-state index is 10.8. The van der Waals surface area contributed by atoms with Gasteiger partial charge in [0.05, 0.1) is 12.4 Å². The molecular weight excluding hydrogens is 190 g/mol. The van der Waals surface area contributed by atoms with Gasteiger partial charge in [-0.15, -0.1) is 0 Å². The lowest BCUT2D eigenvalue weighted by molar-refractivity contribution is 0.236. The average Bonchev–Trinajstić information content (AvgIpc) is 2.03. The average molecular weight is 201 g/mol. The van der Waals surface area contributed by atoms with E-state index in [1.807, 2.05) is 0 Å². The van der Waals surface area contributed by atoms with Crippen LogP contribution in [0.5, 0.6) is 0 Å². The van der Waals surface area contributed by atoms with Crippen LogP contribution in [-0.2, 0) is 14.3 Å². The molecule has 0 saturated carbocycles. The Labute approximate surface area is 77.7 Å². The fourth-order valence-electron chi connectivity index (χ4n) is 0.952. The minimum Gasteiger partial charge on any atom is -0.265 e. The third kappa shape index (κ3) is 3.52. The van der Waals surface area contributed by atoms with Gasteiger partial charge in [0.1, 0.15) is 0 Å². The molecule has 1 heterocycles. The minimum absolute atomic E-state index is 0.460. The van der Waals surface area contributed by atoms with Crippen molar-refractivity contribution in [2.24, 2.45) is 0 Å². The smallest absolute Gasteiger partial charge is 0.264 e. The molecule has 0 aliphatic carbocycles. The van der Waals surface area contributed by atoms with Gasteiger partial charge in [0.2, 0.25) is 0 Å². The molecule has 1 rings (SSSR count). The highest BCUT2D eigenvalue weighted by Crippen LogP contribution is 2.16. The fourth-order valence-corrected chi connectivity index (χ4v) is 1.59. The van der Waals surface area contributed by atoms with Crippen molar-refractivity contribution in [3.8, 4) is 0 Å². The molecule has 0 fully saturated rings. The summed E-state index contributed by atoms with van der Waals surface area (Å²) in [4.78, 5) is 3.82. The van der Waals surface area contributed by atoms with Crippen LogP contribution in [0.4, 0.5) is 0 Å². The van der Waals surface area contributed by atoms with Crippen LogP contribution in [0, 0.1) is 0 Å². The molecule has 0 spiro atoms. The third-order valence-corrected chi connectivity index (χ3v) is 2.13. The molecule has 4 nitrogen and oxygen atoms in total. The summed E-state index contributed by atoms with van der Waals surface area (Å²) in [5.41, 5.74) is 0.792. The first-order valence-corrected chi connectivity index (χ1v) is 5.59. The maximum Gasteiger partial charge on any atom is 0.264 e. The predicted molar refractivity (Wildman–Crippen MR) is 48.6 cm³/mol. The number of aromatic nitrogens is 1. The molecule has 0 radical (unpaired) electrons. The minimum atomic E-state index is -3.39. The van der Waals surface area contributed by atoms with Crippen LogP contribution in [0.25, 0.3) is 0 Å². The van der Waals surface area contributed by atoms with Crippen LogP contribution in [0.2, 0.25) is 0 Å². The van der Waals surface area contributed by atoms with Crippen molar-refractivity contribution in [2.45, 2.75) is 13.0 Å². The lowest BCUT2D eigenvalue weighted by atomic mass is 10.2. The molecule has 0 aromatic carbocycles. The molecule has 1 aromatic rings. The highest BCUT2D eigenvalue weighted by Gasteiger charge is 2.11. The molecule has 1 unspecified atom stereocenters. The van der Waals surface area contributed by atoms with Gasteiger partial charge in [0, 0.05) is 12.4 Å². The van der Waals surface area contributed by atoms with Gasteiger partial charge >= 0.3 is 0 Å². The Morgan fingerprint density at radius 3 is 2.38 bits per heavy atom. The molecule has 72 valence electrons. The first-order valence-electron chi connectivity index (χ1n) is 3.77. The van der Waals surface area contributed by atoms with Crippen molar-refractivity contribution in [1.82, 2.24) is 4.98 Å². The van der Waals surface area contributed by atoms with Crippen LogP contribution in [0.15, 0.2) is 24.5 Å². The monoisotopic (exact) mass is 201 g/mol. The maximum atomic E-state index is 10.8. The van der Waals surface area contributed by atoms with Crippen LogP contribution in [0.3, 0.4) is 0 Å². The van der Waals surface area contributed by atoms with Gasteiger partial charge in [-0.05, 0) is 24.6 Å². The zero-order chi connectivity index (χ0) is 9.90. The zero-order valence-electron chi connectivity index (χ0n) is 7.47. The van der Waals surface area contributed by atoms with Crippen LogP contribution in [0.1, 0.15) is 18.6 Å². The Kier molecular flexibility index (Phi) is 3.00. The molecule has 13 heavy (non-hydrogen) atoms. The van der Waals surface area contributed by atoms with Gasteiger partial charge < -0.3 is 0 Å². The molecule has 0 aliphatic rings. The van der Waals surface area contributed by atoms with Crippen LogP contribution in [-0.4, -0.2) is 19.7 Å². The number of nitrogens with zero attached hydrogens (tertiary/aromatic N) is 1. The number of rotatable bonds is 3. The molecule has 0 aliphatic heterocycles. The van der Waals surface area contributed by atoms with Gasteiger partial charge in [-0.1, -0.05) is 0 Å². The quantitative estimate of drug-likeness (QED) is 0.687. The highest BCUT2D eigenvalue weighted by atomic mass is 32.2. The van der Waals surface area contributed by atoms with E-state index in [9.17, 15) is 8.42 Å². The van der Waals surface area contributed by atoms with Crippen molar-refractivity contribution < 1.29 is 12.6 Å². The van der Waals surface area contributed by atoms with Gasteiger partial charge in [-0.25, -0.2) is 0 Å². The van der Waals surface area contributed by atoms with E-state index in [-0.39, 0.29) is 0 Å². The standard InChI is InChI=1S/C8H11NO3S/c1-7(12-13(2,10)11)8-3-5-9-6-4-8/h3-7H,1-2H3. The molecule has 0 saturated heterocycles. The summed E-state index contributed by atoms with van der Waals surface area (Å²) in [6.45, 7) is 1.68. The second kappa shape index (κ2) is 3.85. The summed E-state index contributed by atoms with van der Waals surface area (Å²) < 4.78 is 26.3. The molecule has 1 aromatic heterocycles. The van der Waals surface area contributed by atoms with Gasteiger partial charge in [0.15, 0.2) is 0 Å². The van der Waals surface area contributed by atoms with E-state index in [0.717, 1.165) is 11.8 Å². The Hall–Kier alpha value is -0.940. The Balaban J connectivity index is 2.76. The van der Waals surface area contributed by atoms with Gasteiger partial charge in [-0.3, -0.25) is 9.17 Å². The van der Waals surface area contributed by atoms with E-state index in [1.165, 1.54) is 0 Å². The van der Waals surface area contributed by atoms with Gasteiger partial charge in [0.25, 0.3) is 10.1 Å². The van der Waals surface area contributed by atoms with Crippen molar-refractivity contribution in [1.29, 1.82) is 0 Å². The van der Waals surface area contributed by atoms with E-state index >= 15 is 0 Å². The zero-order valence-corrected chi connectivity index (χ0v) is 8.28. The van der Waals surface area contributed by atoms with Crippen LogP contribution < -0.4 is 0 Å². The largest absolute Gasteiger partial charge is 0.265 e. The van der Waals surface area contributed by atoms with E-state index in [1.54, 1.807) is 31.5 Å². The number of hydrogen-bond donors (Lipinski definition) is 0. The predicted octanol–water partition coefficient (Wildman–Crippen LogP) is 1.12. The van der Waals surface area contributed by atoms with E-state index < -0.39 is 16.2 Å². The topological polar surface area (TPSA) is 56.3 Å². The van der Waals surface area contributed by atoms with Crippen molar-refractivity contribution >= 4 is 10.1 Å². The summed E-state index contributed by atoms with van der Waals surface area (Å²) in [7, 11) is -3.39. The second-order valence-corrected chi connectivity index (χ2v) is 4.32. The highest BCUT2D eigenvalue weighted by molar-refractivity contribution is 7.86. The van der Waals surface area contributed by atoms with Crippen molar-refractivity contribution in [3.63, 3.8) is 0 Å². The number of hydrogen-bond acceptors (Lipinski definition) is 4.